The molecule has 27 heavy (non-hydrogen) atoms. The fourth-order valence-corrected chi connectivity index (χ4v) is 3.06. The second-order valence-corrected chi connectivity index (χ2v) is 6.72. The Bertz CT molecular complexity index is 1080. The molecule has 1 aliphatic rings. The second kappa shape index (κ2) is 6.85. The molecule has 2 heterocycles. The molecule has 1 aromatic heterocycles. The van der Waals surface area contributed by atoms with Crippen molar-refractivity contribution in [2.24, 2.45) is 0 Å². The molecule has 0 unspecified atom stereocenters. The number of anilines is 1. The molecule has 1 fully saturated rings. The van der Waals surface area contributed by atoms with Gasteiger partial charge in [-0.25, -0.2) is 9.40 Å². The van der Waals surface area contributed by atoms with E-state index in [-0.39, 0.29) is 16.9 Å². The summed E-state index contributed by atoms with van der Waals surface area (Å²) in [6.45, 7) is 0. The first-order chi connectivity index (χ1) is 13.0. The number of rotatable bonds is 3. The van der Waals surface area contributed by atoms with Crippen LogP contribution in [0.15, 0.2) is 75.1 Å². The van der Waals surface area contributed by atoms with E-state index in [1.807, 2.05) is 6.07 Å². The number of hydrogen-bond donors (Lipinski definition) is 1. The number of benzene rings is 2. The molecule has 3 aromatic rings. The number of nitrogens with one attached hydrogen (secondary N) is 1. The van der Waals surface area contributed by atoms with Crippen LogP contribution in [-0.4, -0.2) is 11.8 Å². The summed E-state index contributed by atoms with van der Waals surface area (Å²) in [5.74, 6) is -0.878. The first-order valence-electron chi connectivity index (χ1n) is 8.00. The van der Waals surface area contributed by atoms with Crippen LogP contribution in [0.5, 0.6) is 0 Å². The van der Waals surface area contributed by atoms with Gasteiger partial charge in [0, 0.05) is 4.47 Å². The van der Waals surface area contributed by atoms with Gasteiger partial charge < -0.3 is 4.42 Å². The Morgan fingerprint density at radius 1 is 1.04 bits per heavy atom. The third kappa shape index (κ3) is 3.29. The highest BCUT2D eigenvalue weighted by atomic mass is 79.9. The van der Waals surface area contributed by atoms with E-state index in [4.69, 9.17) is 4.42 Å². The lowest BCUT2D eigenvalue weighted by Crippen LogP contribution is -2.35. The molecule has 134 valence electrons. The van der Waals surface area contributed by atoms with Gasteiger partial charge in [-0.05, 0) is 48.5 Å². The molecule has 1 saturated heterocycles. The molecular weight excluding hydrogens is 415 g/mol. The van der Waals surface area contributed by atoms with Crippen LogP contribution in [0.25, 0.3) is 17.4 Å². The largest absolute Gasteiger partial charge is 0.457 e. The molecule has 1 N–H and O–H groups in total. The number of hydrazine groups is 1. The number of hydrogen-bond acceptors (Lipinski definition) is 3. The minimum Gasteiger partial charge on any atom is -0.457 e. The molecule has 0 atom stereocenters. The van der Waals surface area contributed by atoms with Gasteiger partial charge in [0.2, 0.25) is 0 Å². The van der Waals surface area contributed by atoms with Crippen LogP contribution >= 0.6 is 15.9 Å². The lowest BCUT2D eigenvalue weighted by Gasteiger charge is -2.13. The normalized spacial score (nSPS) is 15.5. The van der Waals surface area contributed by atoms with E-state index in [0.29, 0.717) is 15.9 Å². The Kier molecular flexibility index (Phi) is 4.37. The molecule has 0 spiro atoms. The summed E-state index contributed by atoms with van der Waals surface area (Å²) in [6.07, 6.45) is 1.35. The minimum absolute atomic E-state index is 0.0592. The highest BCUT2D eigenvalue weighted by Gasteiger charge is 2.34. The lowest BCUT2D eigenvalue weighted by atomic mass is 10.1. The highest BCUT2D eigenvalue weighted by Crippen LogP contribution is 2.29. The summed E-state index contributed by atoms with van der Waals surface area (Å²) < 4.78 is 20.3. The van der Waals surface area contributed by atoms with E-state index in [2.05, 4.69) is 21.4 Å². The van der Waals surface area contributed by atoms with E-state index in [1.54, 1.807) is 48.5 Å². The van der Waals surface area contributed by atoms with E-state index < -0.39 is 17.6 Å². The molecule has 0 saturated carbocycles. The second-order valence-electron chi connectivity index (χ2n) is 5.80. The summed E-state index contributed by atoms with van der Waals surface area (Å²) in [4.78, 5) is 24.7. The average Bonchev–Trinajstić information content (AvgIpc) is 3.22. The Balaban J connectivity index is 1.63. The van der Waals surface area contributed by atoms with Gasteiger partial charge in [0.05, 0.1) is 11.3 Å². The number of para-hydroxylation sites is 1. The summed E-state index contributed by atoms with van der Waals surface area (Å²) in [6, 6.07) is 16.6. The quantitative estimate of drug-likeness (QED) is 0.501. The first-order valence-corrected chi connectivity index (χ1v) is 8.80. The molecule has 2 amide bonds. The van der Waals surface area contributed by atoms with Crippen molar-refractivity contribution in [1.82, 2.24) is 5.43 Å². The summed E-state index contributed by atoms with van der Waals surface area (Å²) in [5.41, 5.74) is 3.29. The van der Waals surface area contributed by atoms with Gasteiger partial charge in [-0.2, -0.15) is 0 Å². The SMILES string of the molecule is O=C1NN(c2ccccc2)C(=O)C1=Cc1ccc(-c2ccc(Br)cc2F)o1. The van der Waals surface area contributed by atoms with Crippen LogP contribution in [0.3, 0.4) is 0 Å². The van der Waals surface area contributed by atoms with Crippen LogP contribution in [0, 0.1) is 5.82 Å². The number of nitrogens with zero attached hydrogens (tertiary/aromatic N) is 1. The van der Waals surface area contributed by atoms with E-state index >= 15 is 0 Å². The predicted molar refractivity (Wildman–Crippen MR) is 102 cm³/mol. The zero-order valence-corrected chi connectivity index (χ0v) is 15.4. The van der Waals surface area contributed by atoms with Crippen molar-refractivity contribution < 1.29 is 18.4 Å². The van der Waals surface area contributed by atoms with Crippen molar-refractivity contribution in [2.45, 2.75) is 0 Å². The third-order valence-electron chi connectivity index (χ3n) is 4.02. The van der Waals surface area contributed by atoms with Gasteiger partial charge in [-0.3, -0.25) is 15.0 Å². The van der Waals surface area contributed by atoms with Crippen LogP contribution in [-0.2, 0) is 9.59 Å². The van der Waals surface area contributed by atoms with Crippen LogP contribution < -0.4 is 10.4 Å². The number of amides is 2. The molecule has 0 aliphatic carbocycles. The van der Waals surface area contributed by atoms with Gasteiger partial charge in [0.25, 0.3) is 11.8 Å². The Hall–Kier alpha value is -3.19. The Labute approximate surface area is 162 Å². The van der Waals surface area contributed by atoms with Gasteiger partial charge in [-0.15, -0.1) is 0 Å². The Morgan fingerprint density at radius 2 is 1.81 bits per heavy atom. The monoisotopic (exact) mass is 426 g/mol. The van der Waals surface area contributed by atoms with Crippen molar-refractivity contribution in [3.63, 3.8) is 0 Å². The Morgan fingerprint density at radius 3 is 2.56 bits per heavy atom. The fourth-order valence-electron chi connectivity index (χ4n) is 2.72. The molecule has 0 bridgehead atoms. The number of furan rings is 1. The van der Waals surface area contributed by atoms with Crippen molar-refractivity contribution in [3.05, 3.63) is 82.3 Å². The van der Waals surface area contributed by atoms with Crippen LogP contribution in [0.4, 0.5) is 10.1 Å². The first kappa shape index (κ1) is 17.2. The summed E-state index contributed by atoms with van der Waals surface area (Å²) >= 11 is 3.20. The standard InChI is InChI=1S/C20H12BrFN2O3/c21-12-6-8-15(17(22)10-12)18-9-7-14(27-18)11-16-19(25)23-24(20(16)26)13-4-2-1-3-5-13/h1-11H,(H,23,25). The predicted octanol–water partition coefficient (Wildman–Crippen LogP) is 4.31. The fraction of sp³-hybridized carbons (Fsp3) is 0. The van der Waals surface area contributed by atoms with Crippen LogP contribution in [0.1, 0.15) is 5.76 Å². The van der Waals surface area contributed by atoms with Crippen molar-refractivity contribution in [1.29, 1.82) is 0 Å². The molecule has 1 aliphatic heterocycles. The maximum Gasteiger partial charge on any atom is 0.282 e. The molecule has 5 nitrogen and oxygen atoms in total. The zero-order chi connectivity index (χ0) is 19.0. The van der Waals surface area contributed by atoms with Gasteiger partial charge in [0.15, 0.2) is 0 Å². The molecule has 2 aromatic carbocycles. The van der Waals surface area contributed by atoms with E-state index in [9.17, 15) is 14.0 Å². The highest BCUT2D eigenvalue weighted by molar-refractivity contribution is 9.10. The summed E-state index contributed by atoms with van der Waals surface area (Å²) in [5, 5.41) is 1.17. The maximum absolute atomic E-state index is 14.1. The van der Waals surface area contributed by atoms with E-state index in [0.717, 1.165) is 0 Å². The average molecular weight is 427 g/mol. The van der Waals surface area contributed by atoms with Gasteiger partial charge >= 0.3 is 0 Å². The topological polar surface area (TPSA) is 62.6 Å². The third-order valence-corrected chi connectivity index (χ3v) is 4.51. The summed E-state index contributed by atoms with van der Waals surface area (Å²) in [7, 11) is 0. The number of carbonyl (C=O) groups excluding carboxylic acids is 2. The zero-order valence-electron chi connectivity index (χ0n) is 13.8. The van der Waals surface area contributed by atoms with Crippen molar-refractivity contribution in [3.8, 4) is 11.3 Å². The lowest BCUT2D eigenvalue weighted by molar-refractivity contribution is -0.117. The molecule has 4 rings (SSSR count). The molecule has 0 radical (unpaired) electrons. The van der Waals surface area contributed by atoms with Crippen molar-refractivity contribution >= 4 is 39.5 Å². The molecule has 7 heteroatoms. The van der Waals surface area contributed by atoms with Gasteiger partial charge in [0.1, 0.15) is 22.9 Å². The van der Waals surface area contributed by atoms with Crippen molar-refractivity contribution in [2.75, 3.05) is 5.01 Å². The minimum atomic E-state index is -0.531. The van der Waals surface area contributed by atoms with Gasteiger partial charge in [-0.1, -0.05) is 34.1 Å². The maximum atomic E-state index is 14.1. The smallest absolute Gasteiger partial charge is 0.282 e. The number of carbonyl (C=O) groups is 2. The van der Waals surface area contributed by atoms with Crippen LogP contribution in [0.2, 0.25) is 0 Å². The molecular formula is C20H12BrFN2O3. The van der Waals surface area contributed by atoms with E-state index in [1.165, 1.54) is 17.2 Å². The number of halogens is 2.